The summed E-state index contributed by atoms with van der Waals surface area (Å²) in [5.41, 5.74) is 0.962. The third kappa shape index (κ3) is 2.52. The molecule has 17 heavy (non-hydrogen) atoms. The van der Waals surface area contributed by atoms with Crippen LogP contribution in [0.1, 0.15) is 19.3 Å². The van der Waals surface area contributed by atoms with Crippen LogP contribution in [0.3, 0.4) is 0 Å². The number of rotatable bonds is 5. The van der Waals surface area contributed by atoms with Crippen molar-refractivity contribution < 1.29 is 14.3 Å². The van der Waals surface area contributed by atoms with Crippen molar-refractivity contribution in [2.75, 3.05) is 0 Å². The molecular formula is C11H12N2O4. The number of carbonyl (C=O) groups is 1. The number of nitrogens with zero attached hydrogens (tertiary/aromatic N) is 2. The number of aliphatic carboxylic acids is 1. The number of oxazole rings is 1. The molecule has 0 bridgehead atoms. The second-order valence-electron chi connectivity index (χ2n) is 3.70. The second-order valence-corrected chi connectivity index (χ2v) is 3.70. The van der Waals surface area contributed by atoms with Gasteiger partial charge in [-0.2, -0.15) is 0 Å². The number of pyridine rings is 1. The highest BCUT2D eigenvalue weighted by Crippen LogP contribution is 2.09. The van der Waals surface area contributed by atoms with Crippen LogP contribution < -0.4 is 5.76 Å². The molecule has 6 nitrogen and oxygen atoms in total. The van der Waals surface area contributed by atoms with Gasteiger partial charge in [0.15, 0.2) is 11.2 Å². The maximum Gasteiger partial charge on any atom is 0.421 e. The average molecular weight is 236 g/mol. The van der Waals surface area contributed by atoms with Gasteiger partial charge in [-0.3, -0.25) is 9.36 Å². The van der Waals surface area contributed by atoms with Crippen LogP contribution in [0.5, 0.6) is 0 Å². The maximum absolute atomic E-state index is 11.5. The normalized spacial score (nSPS) is 10.8. The molecule has 2 aromatic rings. The van der Waals surface area contributed by atoms with Gasteiger partial charge in [-0.1, -0.05) is 0 Å². The first-order valence-corrected chi connectivity index (χ1v) is 5.34. The fourth-order valence-electron chi connectivity index (χ4n) is 1.64. The highest BCUT2D eigenvalue weighted by atomic mass is 16.4. The van der Waals surface area contributed by atoms with Crippen LogP contribution >= 0.6 is 0 Å². The summed E-state index contributed by atoms with van der Waals surface area (Å²) >= 11 is 0. The van der Waals surface area contributed by atoms with Gasteiger partial charge >= 0.3 is 11.7 Å². The number of aryl methyl sites for hydroxylation is 1. The van der Waals surface area contributed by atoms with Crippen LogP contribution in [0.2, 0.25) is 0 Å². The number of hydrogen-bond acceptors (Lipinski definition) is 4. The Bertz CT molecular complexity index is 584. The van der Waals surface area contributed by atoms with Gasteiger partial charge in [-0.25, -0.2) is 9.78 Å². The lowest BCUT2D eigenvalue weighted by molar-refractivity contribution is -0.137. The molecule has 0 unspecified atom stereocenters. The Labute approximate surface area is 96.5 Å². The quantitative estimate of drug-likeness (QED) is 0.789. The Morgan fingerprint density at radius 1 is 1.47 bits per heavy atom. The largest absolute Gasteiger partial charge is 0.481 e. The van der Waals surface area contributed by atoms with Crippen molar-refractivity contribution in [1.29, 1.82) is 0 Å². The van der Waals surface area contributed by atoms with E-state index < -0.39 is 11.7 Å². The zero-order valence-electron chi connectivity index (χ0n) is 9.13. The number of carboxylic acid groups (broad SMARTS) is 1. The lowest BCUT2D eigenvalue weighted by Crippen LogP contribution is -2.14. The number of aromatic nitrogens is 2. The van der Waals surface area contributed by atoms with Crippen LogP contribution in [0.4, 0.5) is 0 Å². The van der Waals surface area contributed by atoms with Crippen LogP contribution in [0, 0.1) is 0 Å². The number of fused-ring (bicyclic) bond motifs is 1. The lowest BCUT2D eigenvalue weighted by Gasteiger charge is -1.99. The van der Waals surface area contributed by atoms with Crippen LogP contribution in [-0.2, 0) is 11.3 Å². The smallest absolute Gasteiger partial charge is 0.421 e. The van der Waals surface area contributed by atoms with Gasteiger partial charge < -0.3 is 9.52 Å². The predicted octanol–water partition coefficient (Wildman–Crippen LogP) is 1.24. The van der Waals surface area contributed by atoms with E-state index in [0.29, 0.717) is 30.6 Å². The molecule has 0 aliphatic carbocycles. The Kier molecular flexibility index (Phi) is 3.22. The van der Waals surface area contributed by atoms with Gasteiger partial charge in [0.2, 0.25) is 0 Å². The molecule has 0 aliphatic heterocycles. The SMILES string of the molecule is O=C(O)CCCCn1c(=O)oc2cccnc21. The Morgan fingerprint density at radius 3 is 3.06 bits per heavy atom. The molecular weight excluding hydrogens is 224 g/mol. The molecule has 0 fully saturated rings. The molecule has 0 saturated carbocycles. The summed E-state index contributed by atoms with van der Waals surface area (Å²) in [5, 5.41) is 8.50. The molecule has 0 saturated heterocycles. The van der Waals surface area contributed by atoms with Crippen molar-refractivity contribution in [1.82, 2.24) is 9.55 Å². The molecule has 0 spiro atoms. The minimum absolute atomic E-state index is 0.109. The van der Waals surface area contributed by atoms with Crippen molar-refractivity contribution in [2.24, 2.45) is 0 Å². The van der Waals surface area contributed by atoms with E-state index in [0.717, 1.165) is 0 Å². The van der Waals surface area contributed by atoms with Crippen LogP contribution in [-0.4, -0.2) is 20.6 Å². The van der Waals surface area contributed by atoms with E-state index in [-0.39, 0.29) is 6.42 Å². The Morgan fingerprint density at radius 2 is 2.29 bits per heavy atom. The molecule has 0 aliphatic rings. The van der Waals surface area contributed by atoms with Gasteiger partial charge in [0.05, 0.1) is 0 Å². The van der Waals surface area contributed by atoms with E-state index in [2.05, 4.69) is 4.98 Å². The van der Waals surface area contributed by atoms with Gasteiger partial charge in [0.25, 0.3) is 0 Å². The number of unbranched alkanes of at least 4 members (excludes halogenated alkanes) is 1. The summed E-state index contributed by atoms with van der Waals surface area (Å²) in [7, 11) is 0. The average Bonchev–Trinajstić information content (AvgIpc) is 2.60. The fraction of sp³-hybridized carbons (Fsp3) is 0.364. The van der Waals surface area contributed by atoms with Gasteiger partial charge in [-0.15, -0.1) is 0 Å². The third-order valence-electron chi connectivity index (χ3n) is 2.45. The zero-order chi connectivity index (χ0) is 12.3. The number of carboxylic acids is 1. The number of hydrogen-bond donors (Lipinski definition) is 1. The molecule has 2 heterocycles. The Balaban J connectivity index is 2.10. The minimum Gasteiger partial charge on any atom is -0.481 e. The van der Waals surface area contributed by atoms with E-state index >= 15 is 0 Å². The minimum atomic E-state index is -0.826. The highest BCUT2D eigenvalue weighted by Gasteiger charge is 2.09. The molecule has 0 amide bonds. The fourth-order valence-corrected chi connectivity index (χ4v) is 1.64. The van der Waals surface area contributed by atoms with Gasteiger partial charge in [0, 0.05) is 19.2 Å². The first-order valence-electron chi connectivity index (χ1n) is 5.34. The summed E-state index contributed by atoms with van der Waals surface area (Å²) in [5.74, 6) is -1.28. The summed E-state index contributed by atoms with van der Waals surface area (Å²) in [6.45, 7) is 0.427. The molecule has 0 radical (unpaired) electrons. The predicted molar refractivity (Wildman–Crippen MR) is 59.8 cm³/mol. The van der Waals surface area contributed by atoms with Crippen molar-refractivity contribution in [2.45, 2.75) is 25.8 Å². The molecule has 6 heteroatoms. The van der Waals surface area contributed by atoms with Crippen molar-refractivity contribution in [3.8, 4) is 0 Å². The molecule has 0 atom stereocenters. The highest BCUT2D eigenvalue weighted by molar-refractivity contribution is 5.67. The lowest BCUT2D eigenvalue weighted by atomic mass is 10.2. The topological polar surface area (TPSA) is 85.3 Å². The second kappa shape index (κ2) is 4.82. The molecule has 90 valence electrons. The van der Waals surface area contributed by atoms with Gasteiger partial charge in [0.1, 0.15) is 0 Å². The van der Waals surface area contributed by atoms with E-state index in [1.807, 2.05) is 0 Å². The Hall–Kier alpha value is -2.11. The van der Waals surface area contributed by atoms with Crippen molar-refractivity contribution >= 4 is 17.2 Å². The van der Waals surface area contributed by atoms with E-state index in [9.17, 15) is 9.59 Å². The summed E-state index contributed by atoms with van der Waals surface area (Å²) in [6, 6.07) is 3.37. The zero-order valence-corrected chi connectivity index (χ0v) is 9.13. The van der Waals surface area contributed by atoms with Crippen molar-refractivity contribution in [3.05, 3.63) is 28.9 Å². The molecule has 1 N–H and O–H groups in total. The summed E-state index contributed by atoms with van der Waals surface area (Å²) in [6.07, 6.45) is 2.84. The van der Waals surface area contributed by atoms with Crippen LogP contribution in [0.25, 0.3) is 11.2 Å². The van der Waals surface area contributed by atoms with Crippen LogP contribution in [0.15, 0.2) is 27.5 Å². The van der Waals surface area contributed by atoms with E-state index in [1.165, 1.54) is 4.57 Å². The third-order valence-corrected chi connectivity index (χ3v) is 2.45. The first kappa shape index (κ1) is 11.4. The monoisotopic (exact) mass is 236 g/mol. The maximum atomic E-state index is 11.5. The van der Waals surface area contributed by atoms with Gasteiger partial charge in [-0.05, 0) is 25.0 Å². The summed E-state index contributed by atoms with van der Waals surface area (Å²) < 4.78 is 6.43. The first-order chi connectivity index (χ1) is 8.18. The molecule has 0 aromatic carbocycles. The van der Waals surface area contributed by atoms with Crippen molar-refractivity contribution in [3.63, 3.8) is 0 Å². The molecule has 2 rings (SSSR count). The van der Waals surface area contributed by atoms with E-state index in [4.69, 9.17) is 9.52 Å². The van der Waals surface area contributed by atoms with E-state index in [1.54, 1.807) is 18.3 Å². The standard InChI is InChI=1S/C11H12N2O4/c14-9(15)5-1-2-7-13-10-8(17-11(13)16)4-3-6-12-10/h3-4,6H,1-2,5,7H2,(H,14,15). The molecule has 2 aromatic heterocycles. The summed E-state index contributed by atoms with van der Waals surface area (Å²) in [4.78, 5) is 25.9.